The van der Waals surface area contributed by atoms with Crippen molar-refractivity contribution in [1.82, 2.24) is 9.62 Å². The first-order valence-electron chi connectivity index (χ1n) is 8.46. The third kappa shape index (κ3) is 6.02. The van der Waals surface area contributed by atoms with Crippen molar-refractivity contribution in [2.24, 2.45) is 5.92 Å². The van der Waals surface area contributed by atoms with E-state index in [1.54, 1.807) is 6.07 Å². The average Bonchev–Trinajstić information content (AvgIpc) is 2.61. The number of hydrogen-bond donors (Lipinski definition) is 1. The molecular formula is C19H22ClFN2O3S. The fourth-order valence-electron chi connectivity index (χ4n) is 2.33. The van der Waals surface area contributed by atoms with E-state index in [1.165, 1.54) is 42.5 Å². The summed E-state index contributed by atoms with van der Waals surface area (Å²) in [6, 6.07) is 11.5. The largest absolute Gasteiger partial charge is 0.355 e. The molecule has 0 fully saturated rings. The second kappa shape index (κ2) is 9.30. The lowest BCUT2D eigenvalue weighted by Gasteiger charge is -2.22. The molecule has 8 heteroatoms. The molecule has 0 aromatic heterocycles. The number of hydrogen-bond acceptors (Lipinski definition) is 3. The van der Waals surface area contributed by atoms with Crippen LogP contribution in [0.5, 0.6) is 0 Å². The zero-order valence-corrected chi connectivity index (χ0v) is 16.7. The van der Waals surface area contributed by atoms with Crippen molar-refractivity contribution in [3.63, 3.8) is 0 Å². The average molecular weight is 413 g/mol. The number of rotatable bonds is 8. The molecule has 0 unspecified atom stereocenters. The van der Waals surface area contributed by atoms with Crippen LogP contribution in [-0.2, 0) is 21.4 Å². The highest BCUT2D eigenvalue weighted by molar-refractivity contribution is 7.89. The Labute approximate surface area is 164 Å². The van der Waals surface area contributed by atoms with E-state index in [0.29, 0.717) is 11.6 Å². The highest BCUT2D eigenvalue weighted by Gasteiger charge is 2.27. The Hall–Kier alpha value is -1.96. The van der Waals surface area contributed by atoms with Crippen molar-refractivity contribution in [3.05, 3.63) is 64.9 Å². The first-order valence-corrected chi connectivity index (χ1v) is 10.3. The zero-order chi connectivity index (χ0) is 20.0. The van der Waals surface area contributed by atoms with Gasteiger partial charge in [-0.05, 0) is 36.2 Å². The summed E-state index contributed by atoms with van der Waals surface area (Å²) in [6.07, 6.45) is 0. The molecule has 0 atom stereocenters. The maximum Gasteiger partial charge on any atom is 0.243 e. The van der Waals surface area contributed by atoms with Crippen LogP contribution in [-0.4, -0.2) is 31.7 Å². The maximum absolute atomic E-state index is 14.0. The van der Waals surface area contributed by atoms with Crippen LogP contribution < -0.4 is 5.32 Å². The molecule has 0 aliphatic heterocycles. The van der Waals surface area contributed by atoms with Gasteiger partial charge in [0.25, 0.3) is 0 Å². The lowest BCUT2D eigenvalue weighted by molar-refractivity contribution is -0.121. The van der Waals surface area contributed by atoms with Gasteiger partial charge in [0.2, 0.25) is 15.9 Å². The number of carbonyl (C=O) groups excluding carboxylic acids is 1. The predicted octanol–water partition coefficient (Wildman–Crippen LogP) is 3.44. The van der Waals surface area contributed by atoms with E-state index >= 15 is 0 Å². The van der Waals surface area contributed by atoms with E-state index in [0.717, 1.165) is 4.31 Å². The minimum Gasteiger partial charge on any atom is -0.355 e. The lowest BCUT2D eigenvalue weighted by atomic mass is 10.2. The van der Waals surface area contributed by atoms with Gasteiger partial charge in [0.1, 0.15) is 5.82 Å². The normalized spacial score (nSPS) is 11.8. The first-order chi connectivity index (χ1) is 12.7. The molecule has 5 nitrogen and oxygen atoms in total. The molecule has 0 radical (unpaired) electrons. The minimum atomic E-state index is -4.02. The second-order valence-electron chi connectivity index (χ2n) is 6.52. The Morgan fingerprint density at radius 1 is 1.15 bits per heavy atom. The van der Waals surface area contributed by atoms with Crippen molar-refractivity contribution in [1.29, 1.82) is 0 Å². The molecule has 2 aromatic carbocycles. The maximum atomic E-state index is 14.0. The monoisotopic (exact) mass is 412 g/mol. The molecule has 1 amide bonds. The van der Waals surface area contributed by atoms with E-state index in [2.05, 4.69) is 5.32 Å². The predicted molar refractivity (Wildman–Crippen MR) is 103 cm³/mol. The molecule has 0 saturated heterocycles. The molecule has 0 heterocycles. The Kier molecular flexibility index (Phi) is 7.35. The first kappa shape index (κ1) is 21.3. The molecular weight excluding hydrogens is 391 g/mol. The second-order valence-corrected chi connectivity index (χ2v) is 8.89. The Bertz CT molecular complexity index is 886. The van der Waals surface area contributed by atoms with Gasteiger partial charge in [-0.25, -0.2) is 12.8 Å². The van der Waals surface area contributed by atoms with Crippen molar-refractivity contribution < 1.29 is 17.6 Å². The van der Waals surface area contributed by atoms with Gasteiger partial charge < -0.3 is 5.32 Å². The number of benzene rings is 2. The van der Waals surface area contributed by atoms with Gasteiger partial charge >= 0.3 is 0 Å². The molecule has 0 spiro atoms. The molecule has 146 valence electrons. The smallest absolute Gasteiger partial charge is 0.243 e. The number of halogens is 2. The molecule has 0 aliphatic carbocycles. The summed E-state index contributed by atoms with van der Waals surface area (Å²) in [5, 5.41) is 3.08. The van der Waals surface area contributed by atoms with Crippen LogP contribution in [0.15, 0.2) is 53.4 Å². The molecule has 2 aromatic rings. The Morgan fingerprint density at radius 3 is 2.37 bits per heavy atom. The van der Waals surface area contributed by atoms with Gasteiger partial charge in [0.05, 0.1) is 11.4 Å². The SMILES string of the molecule is CC(C)CNC(=O)CN(Cc1ccccc1F)S(=O)(=O)c1ccc(Cl)cc1. The van der Waals surface area contributed by atoms with E-state index in [1.807, 2.05) is 13.8 Å². The zero-order valence-electron chi connectivity index (χ0n) is 15.2. The van der Waals surface area contributed by atoms with Crippen LogP contribution >= 0.6 is 11.6 Å². The summed E-state index contributed by atoms with van der Waals surface area (Å²) in [6.45, 7) is 3.62. The topological polar surface area (TPSA) is 66.5 Å². The van der Waals surface area contributed by atoms with E-state index in [4.69, 9.17) is 11.6 Å². The Morgan fingerprint density at radius 2 is 1.78 bits per heavy atom. The summed E-state index contributed by atoms with van der Waals surface area (Å²) in [7, 11) is -4.02. The number of sulfonamides is 1. The van der Waals surface area contributed by atoms with Crippen LogP contribution in [0.25, 0.3) is 0 Å². The fraction of sp³-hybridized carbons (Fsp3) is 0.316. The van der Waals surface area contributed by atoms with Crippen molar-refractivity contribution in [3.8, 4) is 0 Å². The minimum absolute atomic E-state index is 0.0140. The van der Waals surface area contributed by atoms with Gasteiger partial charge in [-0.2, -0.15) is 4.31 Å². The van der Waals surface area contributed by atoms with Gasteiger partial charge in [-0.3, -0.25) is 4.79 Å². The third-order valence-electron chi connectivity index (χ3n) is 3.78. The van der Waals surface area contributed by atoms with Crippen molar-refractivity contribution in [2.45, 2.75) is 25.3 Å². The van der Waals surface area contributed by atoms with E-state index < -0.39 is 28.3 Å². The van der Waals surface area contributed by atoms with Crippen molar-refractivity contribution in [2.75, 3.05) is 13.1 Å². The summed E-state index contributed by atoms with van der Waals surface area (Å²) >= 11 is 5.82. The quantitative estimate of drug-likeness (QED) is 0.722. The van der Waals surface area contributed by atoms with Crippen LogP contribution in [0.3, 0.4) is 0 Å². The van der Waals surface area contributed by atoms with Crippen LogP contribution in [0, 0.1) is 11.7 Å². The van der Waals surface area contributed by atoms with Gasteiger partial charge in [0, 0.05) is 23.7 Å². The number of nitrogens with one attached hydrogen (secondary N) is 1. The highest BCUT2D eigenvalue weighted by atomic mass is 35.5. The van der Waals surface area contributed by atoms with Crippen LogP contribution in [0.2, 0.25) is 5.02 Å². The lowest BCUT2D eigenvalue weighted by Crippen LogP contribution is -2.41. The molecule has 27 heavy (non-hydrogen) atoms. The number of amides is 1. The fourth-order valence-corrected chi connectivity index (χ4v) is 3.83. The van der Waals surface area contributed by atoms with Gasteiger partial charge in [-0.1, -0.05) is 43.6 Å². The summed E-state index contributed by atoms with van der Waals surface area (Å²) in [4.78, 5) is 12.2. The van der Waals surface area contributed by atoms with Gasteiger partial charge in [0.15, 0.2) is 0 Å². The molecule has 1 N–H and O–H groups in total. The van der Waals surface area contributed by atoms with Crippen molar-refractivity contribution >= 4 is 27.5 Å². The highest BCUT2D eigenvalue weighted by Crippen LogP contribution is 2.21. The third-order valence-corrected chi connectivity index (χ3v) is 5.84. The molecule has 0 aliphatic rings. The molecule has 0 bridgehead atoms. The summed E-state index contributed by atoms with van der Waals surface area (Å²) < 4.78 is 41.0. The van der Waals surface area contributed by atoms with Gasteiger partial charge in [-0.15, -0.1) is 0 Å². The molecule has 0 saturated carbocycles. The molecule has 2 rings (SSSR count). The summed E-state index contributed by atoms with van der Waals surface area (Å²) in [5.41, 5.74) is 0.187. The standard InChI is InChI=1S/C19H22ClFN2O3S/c1-14(2)11-22-19(24)13-23(12-15-5-3-4-6-18(15)21)27(25,26)17-9-7-16(20)8-10-17/h3-10,14H,11-13H2,1-2H3,(H,22,24). The van der Waals surface area contributed by atoms with Crippen LogP contribution in [0.1, 0.15) is 19.4 Å². The van der Waals surface area contributed by atoms with E-state index in [-0.39, 0.29) is 22.9 Å². The number of carbonyl (C=O) groups is 1. The summed E-state index contributed by atoms with van der Waals surface area (Å²) in [5.74, 6) is -0.754. The Balaban J connectivity index is 2.32. The van der Waals surface area contributed by atoms with E-state index in [9.17, 15) is 17.6 Å². The van der Waals surface area contributed by atoms with Crippen LogP contribution in [0.4, 0.5) is 4.39 Å². The number of nitrogens with zero attached hydrogens (tertiary/aromatic N) is 1.